The molecule has 2 aliphatic heterocycles. The molecule has 17 heavy (non-hydrogen) atoms. The molecular formula is C9H14F2N2O3S. The van der Waals surface area contributed by atoms with E-state index < -0.39 is 42.6 Å². The molecule has 0 aromatic heterocycles. The molecule has 0 aromatic rings. The number of aliphatic hydroxyl groups is 2. The van der Waals surface area contributed by atoms with Gasteiger partial charge in [-0.15, -0.1) is 0 Å². The number of rotatable bonds is 2. The van der Waals surface area contributed by atoms with Crippen LogP contribution in [0.5, 0.6) is 0 Å². The van der Waals surface area contributed by atoms with Crippen LogP contribution in [-0.4, -0.2) is 65.1 Å². The van der Waals surface area contributed by atoms with E-state index in [1.54, 1.807) is 7.05 Å². The van der Waals surface area contributed by atoms with E-state index in [9.17, 15) is 19.0 Å². The monoisotopic (exact) mass is 268 g/mol. The predicted molar refractivity (Wildman–Crippen MR) is 59.4 cm³/mol. The summed E-state index contributed by atoms with van der Waals surface area (Å²) in [6, 6.07) is -0.725. The number of hydrogen-bond donors (Lipinski definition) is 3. The number of nitrogens with one attached hydrogen (secondary N) is 1. The van der Waals surface area contributed by atoms with Gasteiger partial charge in [0.1, 0.15) is 30.4 Å². The van der Waals surface area contributed by atoms with Crippen LogP contribution in [0.25, 0.3) is 0 Å². The Morgan fingerprint density at radius 2 is 2.35 bits per heavy atom. The number of ether oxygens (including phenoxy) is 1. The van der Waals surface area contributed by atoms with E-state index in [0.717, 1.165) is 11.8 Å². The zero-order valence-electron chi connectivity index (χ0n) is 9.09. The van der Waals surface area contributed by atoms with Crippen molar-refractivity contribution >= 4 is 16.9 Å². The summed E-state index contributed by atoms with van der Waals surface area (Å²) in [6.07, 6.45) is -5.95. The molecule has 8 heteroatoms. The first kappa shape index (κ1) is 13.0. The number of aliphatic hydroxyl groups excluding tert-OH is 2. The van der Waals surface area contributed by atoms with Gasteiger partial charge < -0.3 is 20.3 Å². The number of amidine groups is 1. The summed E-state index contributed by atoms with van der Waals surface area (Å²) < 4.78 is 31.6. The minimum absolute atomic E-state index is 0.505. The molecule has 2 rings (SSSR count). The molecule has 0 bridgehead atoms. The average Bonchev–Trinajstić information content (AvgIpc) is 2.76. The van der Waals surface area contributed by atoms with Crippen molar-refractivity contribution in [1.29, 1.82) is 0 Å². The number of aliphatic imine (C=N–C) groups is 1. The molecule has 2 fully saturated rings. The lowest BCUT2D eigenvalue weighted by Gasteiger charge is -2.39. The molecule has 0 aliphatic carbocycles. The van der Waals surface area contributed by atoms with Crippen molar-refractivity contribution in [2.75, 3.05) is 13.7 Å². The minimum atomic E-state index is -1.63. The largest absolute Gasteiger partial charge is 0.388 e. The summed E-state index contributed by atoms with van der Waals surface area (Å²) in [4.78, 5) is 3.86. The van der Waals surface area contributed by atoms with Gasteiger partial charge in [-0.2, -0.15) is 0 Å². The molecule has 5 nitrogen and oxygen atoms in total. The van der Waals surface area contributed by atoms with E-state index in [1.807, 2.05) is 0 Å². The van der Waals surface area contributed by atoms with Crippen LogP contribution in [0, 0.1) is 0 Å². The molecule has 0 radical (unpaired) electrons. The second-order valence-electron chi connectivity index (χ2n) is 3.94. The van der Waals surface area contributed by atoms with Gasteiger partial charge in [0.25, 0.3) is 0 Å². The number of thioether (sulfide) groups is 1. The lowest BCUT2D eigenvalue weighted by atomic mass is 9.96. The molecule has 98 valence electrons. The van der Waals surface area contributed by atoms with Gasteiger partial charge in [-0.25, -0.2) is 8.78 Å². The molecule has 0 spiro atoms. The van der Waals surface area contributed by atoms with Crippen LogP contribution >= 0.6 is 11.8 Å². The molecule has 2 heterocycles. The summed E-state index contributed by atoms with van der Waals surface area (Å²) in [6.45, 7) is -1.08. The second-order valence-corrected chi connectivity index (χ2v) is 5.03. The first-order chi connectivity index (χ1) is 8.08. The highest BCUT2D eigenvalue weighted by atomic mass is 32.2. The van der Waals surface area contributed by atoms with Gasteiger partial charge in [0.2, 0.25) is 0 Å². The third-order valence-electron chi connectivity index (χ3n) is 2.85. The Hall–Kier alpha value is -0.440. The molecule has 2 saturated heterocycles. The van der Waals surface area contributed by atoms with Gasteiger partial charge in [0.05, 0.1) is 6.04 Å². The van der Waals surface area contributed by atoms with Crippen molar-refractivity contribution in [3.05, 3.63) is 0 Å². The van der Waals surface area contributed by atoms with Crippen molar-refractivity contribution in [2.24, 2.45) is 4.99 Å². The highest BCUT2D eigenvalue weighted by Crippen LogP contribution is 2.36. The molecule has 3 N–H and O–H groups in total. The Kier molecular flexibility index (Phi) is 3.86. The Morgan fingerprint density at radius 3 is 2.94 bits per heavy atom. The Balaban J connectivity index is 2.13. The molecule has 2 aliphatic rings. The maximum atomic E-state index is 13.9. The number of alkyl halides is 2. The van der Waals surface area contributed by atoms with Crippen LogP contribution in [0.1, 0.15) is 0 Å². The summed E-state index contributed by atoms with van der Waals surface area (Å²) >= 11 is 1.16. The second kappa shape index (κ2) is 5.05. The van der Waals surface area contributed by atoms with Crippen molar-refractivity contribution in [3.63, 3.8) is 0 Å². The van der Waals surface area contributed by atoms with Gasteiger partial charge in [-0.3, -0.25) is 4.99 Å². The summed E-state index contributed by atoms with van der Waals surface area (Å²) in [5, 5.41) is 22.2. The van der Waals surface area contributed by atoms with Crippen molar-refractivity contribution < 1.29 is 23.7 Å². The summed E-state index contributed by atoms with van der Waals surface area (Å²) in [5.74, 6) is 0. The van der Waals surface area contributed by atoms with E-state index in [1.165, 1.54) is 0 Å². The van der Waals surface area contributed by atoms with E-state index >= 15 is 0 Å². The van der Waals surface area contributed by atoms with Crippen LogP contribution in [0.3, 0.4) is 0 Å². The normalized spacial score (nSPS) is 45.5. The SMILES string of the molecule is CN=C1NC2C(OC(C(O)CF)C(O)C2F)S1. The lowest BCUT2D eigenvalue weighted by molar-refractivity contribution is -0.173. The van der Waals surface area contributed by atoms with Crippen LogP contribution in [-0.2, 0) is 4.74 Å². The van der Waals surface area contributed by atoms with Crippen molar-refractivity contribution in [1.82, 2.24) is 5.32 Å². The molecule has 6 atom stereocenters. The fourth-order valence-corrected chi connectivity index (χ4v) is 3.00. The van der Waals surface area contributed by atoms with Crippen molar-refractivity contribution in [3.8, 4) is 0 Å². The van der Waals surface area contributed by atoms with E-state index in [2.05, 4.69) is 10.3 Å². The van der Waals surface area contributed by atoms with Crippen molar-refractivity contribution in [2.45, 2.75) is 36.0 Å². The van der Waals surface area contributed by atoms with Crippen LogP contribution in [0.4, 0.5) is 8.78 Å². The predicted octanol–water partition coefficient (Wildman–Crippen LogP) is -0.569. The standard InChI is InChI=1S/C9H14F2N2O3S/c1-12-9-13-5-4(11)6(15)7(3(14)2-10)16-8(5)17-9/h3-8,14-15H,2H2,1H3,(H,12,13). The Bertz CT molecular complexity index is 321. The highest BCUT2D eigenvalue weighted by Gasteiger charge is 2.51. The van der Waals surface area contributed by atoms with Gasteiger partial charge >= 0.3 is 0 Å². The smallest absolute Gasteiger partial charge is 0.159 e. The third kappa shape index (κ3) is 2.26. The van der Waals surface area contributed by atoms with E-state index in [-0.39, 0.29) is 0 Å². The number of hydrogen-bond acceptors (Lipinski definition) is 5. The Labute approximate surface area is 101 Å². The van der Waals surface area contributed by atoms with Gasteiger partial charge in [0.15, 0.2) is 11.3 Å². The minimum Gasteiger partial charge on any atom is -0.388 e. The zero-order valence-corrected chi connectivity index (χ0v) is 9.90. The van der Waals surface area contributed by atoms with Gasteiger partial charge in [-0.05, 0) is 0 Å². The summed E-state index contributed by atoms with van der Waals surface area (Å²) in [5.41, 5.74) is -0.613. The van der Waals surface area contributed by atoms with Gasteiger partial charge in [-0.1, -0.05) is 11.8 Å². The third-order valence-corrected chi connectivity index (χ3v) is 4.01. The summed E-state index contributed by atoms with van der Waals surface area (Å²) in [7, 11) is 1.55. The van der Waals surface area contributed by atoms with Crippen LogP contribution in [0.15, 0.2) is 4.99 Å². The van der Waals surface area contributed by atoms with Crippen LogP contribution in [0.2, 0.25) is 0 Å². The molecule has 6 unspecified atom stereocenters. The van der Waals surface area contributed by atoms with Crippen LogP contribution < -0.4 is 5.32 Å². The van der Waals surface area contributed by atoms with E-state index in [4.69, 9.17) is 4.74 Å². The average molecular weight is 268 g/mol. The van der Waals surface area contributed by atoms with E-state index in [0.29, 0.717) is 5.17 Å². The number of fused-ring (bicyclic) bond motifs is 1. The molecule has 0 amide bonds. The lowest BCUT2D eigenvalue weighted by Crippen LogP contribution is -2.60. The molecular weight excluding hydrogens is 254 g/mol. The fraction of sp³-hybridized carbons (Fsp3) is 0.889. The first-order valence-corrected chi connectivity index (χ1v) is 6.08. The fourth-order valence-electron chi connectivity index (χ4n) is 1.92. The number of halogens is 2. The topological polar surface area (TPSA) is 74.1 Å². The quantitative estimate of drug-likeness (QED) is 0.625. The Morgan fingerprint density at radius 1 is 1.65 bits per heavy atom. The first-order valence-electron chi connectivity index (χ1n) is 5.20. The maximum Gasteiger partial charge on any atom is 0.159 e. The highest BCUT2D eigenvalue weighted by molar-refractivity contribution is 8.14. The number of nitrogens with zero attached hydrogens (tertiary/aromatic N) is 1. The molecule has 0 saturated carbocycles. The maximum absolute atomic E-state index is 13.9. The molecule has 0 aromatic carbocycles. The zero-order chi connectivity index (χ0) is 12.6. The van der Waals surface area contributed by atoms with Gasteiger partial charge in [0, 0.05) is 7.05 Å².